The molecule has 130 valence electrons. The van der Waals surface area contributed by atoms with Gasteiger partial charge in [-0.15, -0.1) is 0 Å². The number of amides is 1. The van der Waals surface area contributed by atoms with Crippen LogP contribution in [-0.2, 0) is 9.53 Å². The molecule has 2 aliphatic heterocycles. The fraction of sp³-hybridized carbons (Fsp3) is 0.529. The van der Waals surface area contributed by atoms with E-state index < -0.39 is 0 Å². The molecule has 1 N–H and O–H groups in total. The molecule has 0 aromatic heterocycles. The van der Waals surface area contributed by atoms with Crippen molar-refractivity contribution in [3.05, 3.63) is 28.8 Å². The van der Waals surface area contributed by atoms with Crippen LogP contribution in [0.2, 0.25) is 5.02 Å². The molecule has 2 aliphatic rings. The van der Waals surface area contributed by atoms with Crippen LogP contribution in [0.1, 0.15) is 18.4 Å². The number of ether oxygens (including phenoxy) is 1. The van der Waals surface area contributed by atoms with Crippen LogP contribution in [0.5, 0.6) is 0 Å². The number of rotatable bonds is 2. The minimum absolute atomic E-state index is 0.122. The molecule has 24 heavy (non-hydrogen) atoms. The van der Waals surface area contributed by atoms with E-state index in [0.717, 1.165) is 42.2 Å². The molecule has 1 unspecified atom stereocenters. The number of benzene rings is 1. The molecule has 0 bridgehead atoms. The van der Waals surface area contributed by atoms with Gasteiger partial charge in [-0.05, 0) is 49.7 Å². The third-order valence-corrected chi connectivity index (χ3v) is 5.27. The van der Waals surface area contributed by atoms with E-state index in [4.69, 9.17) is 28.6 Å². The second-order valence-corrected chi connectivity index (χ2v) is 7.00. The zero-order valence-electron chi connectivity index (χ0n) is 13.8. The van der Waals surface area contributed by atoms with E-state index in [-0.39, 0.29) is 12.0 Å². The van der Waals surface area contributed by atoms with Crippen molar-refractivity contribution in [3.63, 3.8) is 0 Å². The number of anilines is 1. The van der Waals surface area contributed by atoms with Crippen molar-refractivity contribution in [3.8, 4) is 0 Å². The van der Waals surface area contributed by atoms with Crippen molar-refractivity contribution in [1.29, 1.82) is 0 Å². The Morgan fingerprint density at radius 2 is 2.00 bits per heavy atom. The van der Waals surface area contributed by atoms with Crippen LogP contribution in [0.15, 0.2) is 18.2 Å². The summed E-state index contributed by atoms with van der Waals surface area (Å²) in [4.78, 5) is 16.3. The summed E-state index contributed by atoms with van der Waals surface area (Å²) < 4.78 is 5.49. The SMILES string of the molecule is Cc1ccc(NC(=S)N2CCN(C(=O)C3CCCO3)CC2)cc1Cl. The highest BCUT2D eigenvalue weighted by atomic mass is 35.5. The molecular weight excluding hydrogens is 346 g/mol. The topological polar surface area (TPSA) is 44.8 Å². The Balaban J connectivity index is 1.51. The highest BCUT2D eigenvalue weighted by Crippen LogP contribution is 2.21. The largest absolute Gasteiger partial charge is 0.368 e. The van der Waals surface area contributed by atoms with Gasteiger partial charge in [0.25, 0.3) is 5.91 Å². The van der Waals surface area contributed by atoms with E-state index in [1.165, 1.54) is 0 Å². The van der Waals surface area contributed by atoms with Gasteiger partial charge in [0.05, 0.1) is 0 Å². The molecule has 2 saturated heterocycles. The van der Waals surface area contributed by atoms with Gasteiger partial charge in [0, 0.05) is 43.5 Å². The molecule has 1 atom stereocenters. The number of nitrogens with one attached hydrogen (secondary N) is 1. The minimum atomic E-state index is -0.240. The molecule has 2 fully saturated rings. The number of piperazine rings is 1. The summed E-state index contributed by atoms with van der Waals surface area (Å²) in [6.45, 7) is 5.47. The number of hydrogen-bond donors (Lipinski definition) is 1. The lowest BCUT2D eigenvalue weighted by molar-refractivity contribution is -0.142. The summed E-state index contributed by atoms with van der Waals surface area (Å²) in [6, 6.07) is 5.80. The van der Waals surface area contributed by atoms with Crippen LogP contribution in [0.25, 0.3) is 0 Å². The van der Waals surface area contributed by atoms with Crippen molar-refractivity contribution >= 4 is 40.5 Å². The summed E-state index contributed by atoms with van der Waals surface area (Å²) in [6.07, 6.45) is 1.58. The lowest BCUT2D eigenvalue weighted by Crippen LogP contribution is -2.53. The first kappa shape index (κ1) is 17.5. The monoisotopic (exact) mass is 367 g/mol. The highest BCUT2D eigenvalue weighted by Gasteiger charge is 2.30. The number of nitrogens with zero attached hydrogens (tertiary/aromatic N) is 2. The van der Waals surface area contributed by atoms with Gasteiger partial charge in [0.1, 0.15) is 6.10 Å². The standard InChI is InChI=1S/C17H22ClN3O2S/c1-12-4-5-13(11-14(12)18)19-17(24)21-8-6-20(7-9-21)16(22)15-3-2-10-23-15/h4-5,11,15H,2-3,6-10H2,1H3,(H,19,24). The first-order valence-electron chi connectivity index (χ1n) is 8.27. The summed E-state index contributed by atoms with van der Waals surface area (Å²) in [5, 5.41) is 4.61. The van der Waals surface area contributed by atoms with Gasteiger partial charge < -0.3 is 19.9 Å². The number of hydrogen-bond acceptors (Lipinski definition) is 3. The summed E-state index contributed by atoms with van der Waals surface area (Å²) >= 11 is 11.6. The maximum absolute atomic E-state index is 12.4. The predicted molar refractivity (Wildman–Crippen MR) is 99.5 cm³/mol. The maximum atomic E-state index is 12.4. The van der Waals surface area contributed by atoms with Crippen molar-refractivity contribution in [2.75, 3.05) is 38.1 Å². The molecule has 0 spiro atoms. The maximum Gasteiger partial charge on any atom is 0.251 e. The number of carbonyl (C=O) groups excluding carboxylic acids is 1. The van der Waals surface area contributed by atoms with E-state index >= 15 is 0 Å². The van der Waals surface area contributed by atoms with E-state index in [9.17, 15) is 4.79 Å². The summed E-state index contributed by atoms with van der Waals surface area (Å²) in [5.41, 5.74) is 1.92. The Kier molecular flexibility index (Phi) is 5.58. The molecular formula is C17H22ClN3O2S. The van der Waals surface area contributed by atoms with Gasteiger partial charge in [-0.25, -0.2) is 0 Å². The van der Waals surface area contributed by atoms with E-state index in [0.29, 0.717) is 24.8 Å². The Hall–Kier alpha value is -1.37. The van der Waals surface area contributed by atoms with Crippen LogP contribution in [0, 0.1) is 6.92 Å². The average Bonchev–Trinajstić information content (AvgIpc) is 3.12. The number of halogens is 1. The van der Waals surface area contributed by atoms with Crippen molar-refractivity contribution in [1.82, 2.24) is 9.80 Å². The molecule has 2 heterocycles. The first-order chi connectivity index (χ1) is 11.5. The highest BCUT2D eigenvalue weighted by molar-refractivity contribution is 7.80. The molecule has 3 rings (SSSR count). The lowest BCUT2D eigenvalue weighted by atomic mass is 10.2. The zero-order chi connectivity index (χ0) is 17.1. The van der Waals surface area contributed by atoms with Crippen LogP contribution in [0.3, 0.4) is 0 Å². The molecule has 1 aromatic rings. The summed E-state index contributed by atoms with van der Waals surface area (Å²) in [7, 11) is 0. The molecule has 0 saturated carbocycles. The smallest absolute Gasteiger partial charge is 0.251 e. The van der Waals surface area contributed by atoms with Gasteiger partial charge in [-0.2, -0.15) is 0 Å². The lowest BCUT2D eigenvalue weighted by Gasteiger charge is -2.37. The molecule has 7 heteroatoms. The Morgan fingerprint density at radius 1 is 1.29 bits per heavy atom. The van der Waals surface area contributed by atoms with E-state index in [1.54, 1.807) is 0 Å². The second kappa shape index (κ2) is 7.68. The van der Waals surface area contributed by atoms with Crippen LogP contribution in [0.4, 0.5) is 5.69 Å². The third-order valence-electron chi connectivity index (χ3n) is 4.51. The Morgan fingerprint density at radius 3 is 2.62 bits per heavy atom. The predicted octanol–water partition coefficient (Wildman–Crippen LogP) is 2.67. The molecule has 5 nitrogen and oxygen atoms in total. The van der Waals surface area contributed by atoms with Gasteiger partial charge in [0.2, 0.25) is 0 Å². The fourth-order valence-corrected chi connectivity index (χ4v) is 3.46. The molecule has 0 radical (unpaired) electrons. The number of carbonyl (C=O) groups is 1. The fourth-order valence-electron chi connectivity index (χ4n) is 2.98. The minimum Gasteiger partial charge on any atom is -0.368 e. The quantitative estimate of drug-likeness (QED) is 0.814. The van der Waals surface area contributed by atoms with Gasteiger partial charge in [-0.1, -0.05) is 17.7 Å². The van der Waals surface area contributed by atoms with Crippen molar-refractivity contribution in [2.24, 2.45) is 0 Å². The molecule has 0 aliphatic carbocycles. The normalized spacial score (nSPS) is 21.0. The Labute approximate surface area is 152 Å². The Bertz CT molecular complexity index is 626. The molecule has 1 aromatic carbocycles. The van der Waals surface area contributed by atoms with Gasteiger partial charge >= 0.3 is 0 Å². The number of thiocarbonyl (C=S) groups is 1. The van der Waals surface area contributed by atoms with Crippen molar-refractivity contribution < 1.29 is 9.53 Å². The first-order valence-corrected chi connectivity index (χ1v) is 9.05. The van der Waals surface area contributed by atoms with Crippen LogP contribution in [-0.4, -0.2) is 59.7 Å². The molecule has 1 amide bonds. The third kappa shape index (κ3) is 3.99. The second-order valence-electron chi connectivity index (χ2n) is 6.21. The average molecular weight is 368 g/mol. The number of aryl methyl sites for hydroxylation is 1. The van der Waals surface area contributed by atoms with E-state index in [1.807, 2.05) is 30.0 Å². The zero-order valence-corrected chi connectivity index (χ0v) is 15.3. The summed E-state index contributed by atoms with van der Waals surface area (Å²) in [5.74, 6) is 0.122. The van der Waals surface area contributed by atoms with Gasteiger partial charge in [0.15, 0.2) is 5.11 Å². The van der Waals surface area contributed by atoms with Crippen molar-refractivity contribution in [2.45, 2.75) is 25.9 Å². The van der Waals surface area contributed by atoms with Gasteiger partial charge in [-0.3, -0.25) is 4.79 Å². The van der Waals surface area contributed by atoms with Crippen LogP contribution >= 0.6 is 23.8 Å². The van der Waals surface area contributed by atoms with Crippen LogP contribution < -0.4 is 5.32 Å². The van der Waals surface area contributed by atoms with E-state index in [2.05, 4.69) is 10.2 Å².